The third-order valence-electron chi connectivity index (χ3n) is 18.5. The molecule has 0 radical (unpaired) electrons. The van der Waals surface area contributed by atoms with Gasteiger partial charge in [-0.25, -0.2) is 4.98 Å². The summed E-state index contributed by atoms with van der Waals surface area (Å²) >= 11 is 0. The fourth-order valence-electron chi connectivity index (χ4n) is 13.3. The van der Waals surface area contributed by atoms with E-state index in [1.807, 2.05) is 92.1 Å². The van der Waals surface area contributed by atoms with Crippen molar-refractivity contribution in [3.05, 3.63) is 368 Å². The summed E-state index contributed by atoms with van der Waals surface area (Å²) in [5.74, 6) is 0.733. The van der Waals surface area contributed by atoms with Crippen molar-refractivity contribution >= 4 is 90.5 Å². The van der Waals surface area contributed by atoms with Gasteiger partial charge in [0.25, 0.3) is 6.33 Å². The summed E-state index contributed by atoms with van der Waals surface area (Å²) in [7, 11) is -13.6. The van der Waals surface area contributed by atoms with Crippen LogP contribution in [0.3, 0.4) is 0 Å². The molecule has 512 valence electrons. The summed E-state index contributed by atoms with van der Waals surface area (Å²) < 4.78 is 350. The number of para-hydroxylation sites is 1. The molecule has 0 saturated carbocycles. The van der Waals surface area contributed by atoms with Crippen molar-refractivity contribution in [2.75, 3.05) is 0 Å². The molecule has 8 heteroatoms. The molecule has 0 unspecified atom stereocenters. The van der Waals surface area contributed by atoms with Crippen LogP contribution in [0.4, 0.5) is 0 Å². The first kappa shape index (κ1) is 39.7. The van der Waals surface area contributed by atoms with E-state index in [9.17, 15) is 42.5 Å². The summed E-state index contributed by atoms with van der Waals surface area (Å²) in [5.41, 5.74) is -0.621. The van der Waals surface area contributed by atoms with Crippen LogP contribution in [0.25, 0.3) is 72.3 Å². The van der Waals surface area contributed by atoms with E-state index in [0.717, 1.165) is 27.4 Å². The average Bonchev–Trinajstić information content (AvgIpc) is 0.862. The zero-order chi connectivity index (χ0) is 100. The van der Waals surface area contributed by atoms with Crippen molar-refractivity contribution in [2.24, 2.45) is 0 Å². The zero-order valence-electron chi connectivity index (χ0n) is 91.6. The Morgan fingerprint density at radius 2 is 0.933 bits per heavy atom. The number of benzene rings is 13. The first-order chi connectivity index (χ1) is 64.1. The molecule has 3 heterocycles. The van der Waals surface area contributed by atoms with Crippen LogP contribution >= 0.6 is 0 Å². The molecular weight excluding hydrogens is 1480 g/mol. The monoisotopic (exact) mass is 1590 g/mol. The molecule has 104 heavy (non-hydrogen) atoms. The van der Waals surface area contributed by atoms with Gasteiger partial charge in [-0.05, 0) is 132 Å². The molecule has 16 rings (SSSR count). The fraction of sp³-hybridized carbons (Fsp3) is 0.125. The van der Waals surface area contributed by atoms with Gasteiger partial charge in [0, 0.05) is 44.3 Å². The largest absolute Gasteiger partial charge is 0.510 e. The Hall–Kier alpha value is -10.8. The van der Waals surface area contributed by atoms with Gasteiger partial charge in [-0.3, -0.25) is 4.57 Å². The van der Waals surface area contributed by atoms with Crippen molar-refractivity contribution in [3.8, 4) is 50.9 Å². The number of nitrogens with zero attached hydrogens (tertiary/aromatic N) is 4. The summed E-state index contributed by atoms with van der Waals surface area (Å²) in [4.78, 5) is 4.85. The maximum absolute atomic E-state index is 11.7. The fourth-order valence-corrected chi connectivity index (χ4v) is 20.9. The van der Waals surface area contributed by atoms with Gasteiger partial charge in [0.2, 0.25) is 0 Å². The van der Waals surface area contributed by atoms with Gasteiger partial charge in [-0.1, -0.05) is 340 Å². The molecule has 16 aromatic rings. The maximum atomic E-state index is 11.7. The molecule has 0 aliphatic carbocycles. The van der Waals surface area contributed by atoms with Crippen molar-refractivity contribution in [1.29, 1.82) is 0 Å². The van der Waals surface area contributed by atoms with Gasteiger partial charge in [-0.15, -0.1) is 29.7 Å². The molecule has 0 saturated heterocycles. The Labute approximate surface area is 676 Å². The second-order valence-electron chi connectivity index (χ2n) is 27.8. The number of pyridine rings is 1. The molecule has 0 fully saturated rings. The van der Waals surface area contributed by atoms with Crippen molar-refractivity contribution < 1.29 is 77.0 Å². The standard InChI is InChI=1S/C96H82N4OSi2.Pt/c1-94(2,3)71-53-50-68(51-54-71)69-52-57-88-90(61-69)98(74-33-31-34-75(65-74)101-76-55-56-85-84-48-28-29-49-87(84)100(89(85)66-76)92-64-72(58-59-97-92)95(4,5)6)67-99(88)93-86(70-32-30-47-83(60-70)102(77-35-16-10-17-36-77,78-37-18-11-19-38-78)79-39-20-12-21-40-79)62-73(96(7,8)9)63-91(93)103(80-41-22-13-23-42-80,81-43-24-14-25-44-81)82-45-26-15-27-46-82;/h10-64H,1-9H3;/q-2;/i10D,11D,12D,13D,14D,15D,16D,17D,18D,19D,20D,21D,22D,23D,24D,25D,26D,27D,30D,32D,35D,36D,37D,38D,39D,40D,41D,42D,43D,44D,45D,46D,47D,60D;. The normalized spacial score (nSPS) is 16.8. The third kappa shape index (κ3) is 12.4. The second kappa shape index (κ2) is 27.8. The van der Waals surface area contributed by atoms with Crippen LogP contribution in [0.15, 0.2) is 333 Å². The Morgan fingerprint density at radius 1 is 0.413 bits per heavy atom. The molecule has 0 spiro atoms. The van der Waals surface area contributed by atoms with Crippen LogP contribution < -0.4 is 50.8 Å². The minimum absolute atomic E-state index is 0. The van der Waals surface area contributed by atoms with Gasteiger partial charge >= 0.3 is 0 Å². The minimum Gasteiger partial charge on any atom is -0.510 e. The predicted octanol–water partition coefficient (Wildman–Crippen LogP) is 17.6. The van der Waals surface area contributed by atoms with E-state index < -0.39 is 285 Å². The van der Waals surface area contributed by atoms with E-state index in [1.54, 1.807) is 63.4 Å². The molecule has 5 nitrogen and oxygen atoms in total. The number of aromatic nitrogens is 4. The number of hydrogen-bond acceptors (Lipinski definition) is 2. The van der Waals surface area contributed by atoms with E-state index in [2.05, 4.69) is 39.2 Å². The number of ether oxygens (including phenoxy) is 1. The Bertz CT molecular complexity index is 7450. The van der Waals surface area contributed by atoms with Crippen LogP contribution in [0, 0.1) is 18.5 Å². The molecule has 0 atom stereocenters. The quantitative estimate of drug-likeness (QED) is 0.0444. The van der Waals surface area contributed by atoms with Crippen molar-refractivity contribution in [1.82, 2.24) is 14.1 Å². The smallest absolute Gasteiger partial charge is 0.268 e. The van der Waals surface area contributed by atoms with E-state index in [4.69, 9.17) is 13.8 Å². The van der Waals surface area contributed by atoms with Gasteiger partial charge in [0.15, 0.2) is 16.1 Å². The molecule has 0 bridgehead atoms. The minimum atomic E-state index is -6.84. The van der Waals surface area contributed by atoms with Gasteiger partial charge < -0.3 is 13.9 Å². The van der Waals surface area contributed by atoms with Crippen LogP contribution in [-0.4, -0.2) is 30.3 Å². The summed E-state index contributed by atoms with van der Waals surface area (Å²) in [6, 6.07) is -0.923. The van der Waals surface area contributed by atoms with Gasteiger partial charge in [0.05, 0.1) is 63.3 Å². The predicted molar refractivity (Wildman–Crippen MR) is 434 cm³/mol. The Kier molecular flexibility index (Phi) is 10.6. The molecule has 0 aliphatic rings. The SMILES string of the molecule is [2H]c1c([2H])c([2H])c([Si](c2cc(C(C)(C)C)cc(-c3c([2H])c([2H])c([2H])c([Si](c4c([2H])c([2H])c([2H])c([2H])c4[2H])(c4c([2H])c([2H])c([2H])c([2H])c4[2H])c4c([2H])c([2H])c([2H])c([2H])c4[2H])c3[2H])c2-[n+]2[c-]n(-c3[c-]c(Oc4[c-]c5c(cc4)c4ccccc4n5-c4cc(C(C)(C)C)ccn4)ccc3)c3cc(-c4ccc(C(C)(C)C)cc4)ccc32)(c2c([2H])c([2H])c([2H])c([2H])c2[2H])c2c([2H])c([2H])c([2H])c([2H])c2[2H])c([2H])c1[2H].[Pt]. The molecular formula is C96H82N4OPtSi2-2. The Morgan fingerprint density at radius 3 is 1.49 bits per heavy atom. The van der Waals surface area contributed by atoms with Crippen molar-refractivity contribution in [2.45, 2.75) is 78.6 Å². The average molecular weight is 1590 g/mol. The second-order valence-corrected chi connectivity index (χ2v) is 34.9. The van der Waals surface area contributed by atoms with E-state index >= 15 is 0 Å². The molecule has 13 aromatic carbocycles. The van der Waals surface area contributed by atoms with E-state index in [-0.39, 0.29) is 65.7 Å². The van der Waals surface area contributed by atoms with Gasteiger partial charge in [0.1, 0.15) is 5.82 Å². The first-order valence-corrected chi connectivity index (χ1v) is 37.0. The van der Waals surface area contributed by atoms with Gasteiger partial charge in [-0.2, -0.15) is 18.2 Å². The number of imidazole rings is 1. The van der Waals surface area contributed by atoms with Crippen LogP contribution in [-0.2, 0) is 37.3 Å². The first-order valence-electron chi connectivity index (χ1n) is 50.0. The van der Waals surface area contributed by atoms with Crippen molar-refractivity contribution in [3.63, 3.8) is 0 Å². The Balaban J connectivity index is 0.0000144. The van der Waals surface area contributed by atoms with Crippen LogP contribution in [0.1, 0.15) is 126 Å². The molecule has 0 aliphatic heterocycles. The number of rotatable bonds is 15. The van der Waals surface area contributed by atoms with Crippen LogP contribution in [0.5, 0.6) is 11.5 Å². The molecule has 3 aromatic heterocycles. The molecule has 0 N–H and O–H groups in total. The number of fused-ring (bicyclic) bond motifs is 4. The maximum Gasteiger partial charge on any atom is 0.268 e. The number of hydrogen-bond donors (Lipinski definition) is 0. The topological polar surface area (TPSA) is 35.9 Å². The summed E-state index contributed by atoms with van der Waals surface area (Å²) in [6.45, 7) is 17.0. The van der Waals surface area contributed by atoms with E-state index in [1.165, 1.54) is 27.3 Å². The zero-order valence-corrected chi connectivity index (χ0v) is 61.9. The molecule has 0 amide bonds. The van der Waals surface area contributed by atoms with Crippen LogP contribution in [0.2, 0.25) is 0 Å². The summed E-state index contributed by atoms with van der Waals surface area (Å²) in [5, 5.41) is -7.27. The summed E-state index contributed by atoms with van der Waals surface area (Å²) in [6.07, 6.45) is 5.16. The third-order valence-corrected chi connectivity index (χ3v) is 26.7. The van der Waals surface area contributed by atoms with E-state index in [0.29, 0.717) is 22.5 Å².